The lowest BCUT2D eigenvalue weighted by Crippen LogP contribution is -2.17. The zero-order valence-electron chi connectivity index (χ0n) is 23.4. The average Bonchev–Trinajstić information content (AvgIpc) is 3.66. The number of benzene rings is 4. The molecule has 1 aliphatic heterocycles. The Balaban J connectivity index is 1.46. The number of nitriles is 1. The summed E-state index contributed by atoms with van der Waals surface area (Å²) < 4.78 is 4.48. The maximum atomic E-state index is 9.35. The minimum absolute atomic E-state index is 0.258. The number of aromatic nitrogens is 5. The Morgan fingerprint density at radius 1 is 0.767 bits per heavy atom. The third kappa shape index (κ3) is 3.56. The van der Waals surface area contributed by atoms with Crippen molar-refractivity contribution < 1.29 is 0 Å². The second-order valence-electron chi connectivity index (χ2n) is 11.2. The summed E-state index contributed by atoms with van der Waals surface area (Å²) in [6.07, 6.45) is 2.24. The van der Waals surface area contributed by atoms with E-state index in [0.717, 1.165) is 32.9 Å². The molecule has 3 aromatic heterocycles. The van der Waals surface area contributed by atoms with Crippen LogP contribution in [0.5, 0.6) is 0 Å². The first-order chi connectivity index (χ1) is 21.0. The second kappa shape index (κ2) is 8.97. The van der Waals surface area contributed by atoms with Gasteiger partial charge in [0, 0.05) is 39.2 Å². The van der Waals surface area contributed by atoms with Crippen molar-refractivity contribution in [1.29, 1.82) is 5.26 Å². The monoisotopic (exact) mass is 553 g/mol. The number of hydrogen-bond acceptors (Lipinski definition) is 4. The Kier molecular flexibility index (Phi) is 5.16. The van der Waals surface area contributed by atoms with Crippen molar-refractivity contribution in [3.8, 4) is 40.5 Å². The molecular weight excluding hydrogens is 530 g/mol. The van der Waals surface area contributed by atoms with Crippen molar-refractivity contribution >= 4 is 27.5 Å². The highest BCUT2D eigenvalue weighted by molar-refractivity contribution is 6.11. The zero-order valence-corrected chi connectivity index (χ0v) is 23.4. The standard InChI is InChI=1S/C36H23N7/c1-36(2)28-9-5-7-11-30(28)42-21-27-26-8-4-6-10-29(26)43(31(27)32(36)42)35-40-33(23-14-12-22(20-37)13-15-23)39-34(41-35)24-16-18-25(38-3)19-17-24/h4-19,21H,1-2H3. The Morgan fingerprint density at radius 2 is 1.42 bits per heavy atom. The first-order valence-electron chi connectivity index (χ1n) is 14.0. The third-order valence-electron chi connectivity index (χ3n) is 8.42. The van der Waals surface area contributed by atoms with E-state index < -0.39 is 0 Å². The summed E-state index contributed by atoms with van der Waals surface area (Å²) in [6, 6.07) is 33.7. The smallest absolute Gasteiger partial charge is 0.238 e. The molecule has 4 heterocycles. The van der Waals surface area contributed by atoms with E-state index in [9.17, 15) is 5.26 Å². The van der Waals surface area contributed by atoms with Crippen molar-refractivity contribution in [2.45, 2.75) is 19.3 Å². The molecule has 0 spiro atoms. The fourth-order valence-corrected chi connectivity index (χ4v) is 6.37. The van der Waals surface area contributed by atoms with E-state index in [1.54, 1.807) is 24.3 Å². The van der Waals surface area contributed by atoms with Gasteiger partial charge >= 0.3 is 0 Å². The number of rotatable bonds is 3. The van der Waals surface area contributed by atoms with Gasteiger partial charge in [0.15, 0.2) is 17.3 Å². The van der Waals surface area contributed by atoms with Crippen LogP contribution in [0.25, 0.3) is 61.1 Å². The van der Waals surface area contributed by atoms with Gasteiger partial charge in [-0.25, -0.2) is 9.83 Å². The molecule has 8 rings (SSSR count). The lowest BCUT2D eigenvalue weighted by atomic mass is 9.83. The normalized spacial score (nSPS) is 13.0. The number of hydrogen-bond donors (Lipinski definition) is 0. The molecular formula is C36H23N7. The second-order valence-corrected chi connectivity index (χ2v) is 11.2. The Hall–Kier alpha value is -6.05. The van der Waals surface area contributed by atoms with E-state index in [-0.39, 0.29) is 5.41 Å². The summed E-state index contributed by atoms with van der Waals surface area (Å²) in [5.74, 6) is 1.51. The van der Waals surface area contributed by atoms with Crippen molar-refractivity contribution in [3.05, 3.63) is 131 Å². The highest BCUT2D eigenvalue weighted by Gasteiger charge is 2.39. The highest BCUT2D eigenvalue weighted by atomic mass is 15.2. The van der Waals surface area contributed by atoms with Gasteiger partial charge in [0.05, 0.1) is 34.9 Å². The quantitative estimate of drug-likeness (QED) is 0.207. The average molecular weight is 554 g/mol. The number of fused-ring (bicyclic) bond motifs is 7. The van der Waals surface area contributed by atoms with Crippen molar-refractivity contribution in [2.24, 2.45) is 0 Å². The van der Waals surface area contributed by atoms with Crippen LogP contribution in [0.15, 0.2) is 103 Å². The first kappa shape index (κ1) is 24.7. The molecule has 7 nitrogen and oxygen atoms in total. The molecule has 0 saturated heterocycles. The fourth-order valence-electron chi connectivity index (χ4n) is 6.37. The summed E-state index contributed by atoms with van der Waals surface area (Å²) in [5.41, 5.74) is 8.14. The van der Waals surface area contributed by atoms with Crippen LogP contribution in [0.4, 0.5) is 5.69 Å². The van der Waals surface area contributed by atoms with Gasteiger partial charge in [-0.1, -0.05) is 74.5 Å². The predicted molar refractivity (Wildman–Crippen MR) is 167 cm³/mol. The molecule has 0 N–H and O–H groups in total. The van der Waals surface area contributed by atoms with Crippen LogP contribution < -0.4 is 0 Å². The lowest BCUT2D eigenvalue weighted by Gasteiger charge is -2.20. The third-order valence-corrected chi connectivity index (χ3v) is 8.42. The van der Waals surface area contributed by atoms with Crippen LogP contribution in [0.2, 0.25) is 0 Å². The number of nitrogens with zero attached hydrogens (tertiary/aromatic N) is 7. The molecule has 0 radical (unpaired) electrons. The summed E-state index contributed by atoms with van der Waals surface area (Å²) in [5, 5.41) is 11.6. The van der Waals surface area contributed by atoms with E-state index in [4.69, 9.17) is 21.5 Å². The molecule has 0 bridgehead atoms. The van der Waals surface area contributed by atoms with Crippen LogP contribution in [0.3, 0.4) is 0 Å². The topological polar surface area (TPSA) is 76.7 Å². The van der Waals surface area contributed by atoms with Crippen LogP contribution in [0.1, 0.15) is 30.7 Å². The van der Waals surface area contributed by atoms with Gasteiger partial charge in [0.25, 0.3) is 0 Å². The molecule has 43 heavy (non-hydrogen) atoms. The zero-order chi connectivity index (χ0) is 29.3. The molecule has 7 aromatic rings. The molecule has 0 saturated carbocycles. The molecule has 0 unspecified atom stereocenters. The molecule has 7 heteroatoms. The summed E-state index contributed by atoms with van der Waals surface area (Å²) in [6.45, 7) is 11.9. The summed E-state index contributed by atoms with van der Waals surface area (Å²) in [4.78, 5) is 18.5. The van der Waals surface area contributed by atoms with Crippen molar-refractivity contribution in [2.75, 3.05) is 0 Å². The van der Waals surface area contributed by atoms with Gasteiger partial charge in [-0.2, -0.15) is 15.2 Å². The first-order valence-corrected chi connectivity index (χ1v) is 14.0. The summed E-state index contributed by atoms with van der Waals surface area (Å²) >= 11 is 0. The van der Waals surface area contributed by atoms with Crippen molar-refractivity contribution in [3.63, 3.8) is 0 Å². The van der Waals surface area contributed by atoms with Crippen LogP contribution in [-0.4, -0.2) is 24.1 Å². The Bertz CT molecular complexity index is 2250. The van der Waals surface area contributed by atoms with E-state index in [1.807, 2.05) is 30.3 Å². The van der Waals surface area contributed by atoms with Gasteiger partial charge in [-0.05, 0) is 42.0 Å². The lowest BCUT2D eigenvalue weighted by molar-refractivity contribution is 0.645. The maximum Gasteiger partial charge on any atom is 0.238 e. The highest BCUT2D eigenvalue weighted by Crippen LogP contribution is 2.49. The number of para-hydroxylation sites is 2. The van der Waals surface area contributed by atoms with Gasteiger partial charge in [0.2, 0.25) is 5.95 Å². The van der Waals surface area contributed by atoms with E-state index in [1.165, 1.54) is 16.9 Å². The van der Waals surface area contributed by atoms with Gasteiger partial charge < -0.3 is 4.57 Å². The van der Waals surface area contributed by atoms with E-state index in [0.29, 0.717) is 28.8 Å². The fraction of sp³-hybridized carbons (Fsp3) is 0.0833. The van der Waals surface area contributed by atoms with E-state index >= 15 is 0 Å². The minimum Gasteiger partial charge on any atom is -0.317 e. The van der Waals surface area contributed by atoms with Crippen LogP contribution in [-0.2, 0) is 5.41 Å². The van der Waals surface area contributed by atoms with Gasteiger partial charge in [-0.3, -0.25) is 4.57 Å². The van der Waals surface area contributed by atoms with Gasteiger partial charge in [-0.15, -0.1) is 0 Å². The predicted octanol–water partition coefficient (Wildman–Crippen LogP) is 8.16. The Morgan fingerprint density at radius 3 is 2.12 bits per heavy atom. The van der Waals surface area contributed by atoms with E-state index in [2.05, 4.69) is 82.6 Å². The molecule has 202 valence electrons. The molecule has 1 aliphatic rings. The maximum absolute atomic E-state index is 9.35. The van der Waals surface area contributed by atoms with Crippen LogP contribution in [0, 0.1) is 17.9 Å². The van der Waals surface area contributed by atoms with Gasteiger partial charge in [0.1, 0.15) is 0 Å². The molecule has 0 amide bonds. The molecule has 4 aromatic carbocycles. The molecule has 0 fully saturated rings. The summed E-state index contributed by atoms with van der Waals surface area (Å²) in [7, 11) is 0. The van der Waals surface area contributed by atoms with Crippen LogP contribution >= 0.6 is 0 Å². The largest absolute Gasteiger partial charge is 0.317 e. The molecule has 0 aliphatic carbocycles. The Labute approximate surface area is 247 Å². The van der Waals surface area contributed by atoms with Crippen molar-refractivity contribution in [1.82, 2.24) is 24.1 Å². The molecule has 0 atom stereocenters. The minimum atomic E-state index is -0.258. The SMILES string of the molecule is [C-]#[N+]c1ccc(-c2nc(-c3ccc(C#N)cc3)nc(-n3c4ccccc4c4cn5c(c43)C(C)(C)c3ccccc3-5)n2)cc1.